The molecule has 0 unspecified atom stereocenters. The van der Waals surface area contributed by atoms with Crippen LogP contribution in [0.4, 0.5) is 0 Å². The molecule has 0 aliphatic rings. The minimum absolute atomic E-state index is 0.0478. The molecule has 0 amide bonds. The van der Waals surface area contributed by atoms with Crippen LogP contribution in [0.15, 0.2) is 34.7 Å². The quantitative estimate of drug-likeness (QED) is 0.686. The van der Waals surface area contributed by atoms with Crippen LogP contribution in [0.25, 0.3) is 5.69 Å². The first-order valence-corrected chi connectivity index (χ1v) is 8.64. The van der Waals surface area contributed by atoms with E-state index in [0.29, 0.717) is 11.8 Å². The fourth-order valence-corrected chi connectivity index (χ4v) is 2.88. The van der Waals surface area contributed by atoms with Crippen LogP contribution in [0.2, 0.25) is 0 Å². The van der Waals surface area contributed by atoms with Crippen LogP contribution in [-0.4, -0.2) is 31.9 Å². The van der Waals surface area contributed by atoms with E-state index in [1.807, 2.05) is 29.8 Å². The predicted octanol–water partition coefficient (Wildman–Crippen LogP) is 3.63. The van der Waals surface area contributed by atoms with E-state index in [2.05, 4.69) is 55.0 Å². The van der Waals surface area contributed by atoms with Crippen LogP contribution in [0.5, 0.6) is 0 Å². The number of para-hydroxylation sites is 1. The van der Waals surface area contributed by atoms with Gasteiger partial charge in [0.1, 0.15) is 0 Å². The lowest BCUT2D eigenvalue weighted by Gasteiger charge is -2.22. The van der Waals surface area contributed by atoms with Gasteiger partial charge in [-0.3, -0.25) is 4.90 Å². The monoisotopic (exact) mass is 339 g/mol. The molecule has 0 spiro atoms. The molecule has 3 aromatic rings. The van der Waals surface area contributed by atoms with Gasteiger partial charge in [0.05, 0.1) is 17.4 Å². The third-order valence-electron chi connectivity index (χ3n) is 4.65. The molecule has 2 heterocycles. The van der Waals surface area contributed by atoms with Crippen molar-refractivity contribution < 1.29 is 4.42 Å². The summed E-state index contributed by atoms with van der Waals surface area (Å²) in [5.41, 5.74) is 4.51. The van der Waals surface area contributed by atoms with E-state index in [0.717, 1.165) is 30.0 Å². The topological polar surface area (TPSA) is 60.0 Å². The molecule has 3 rings (SSSR count). The van der Waals surface area contributed by atoms with Crippen LogP contribution in [0.3, 0.4) is 0 Å². The molecule has 0 bridgehead atoms. The SMILES string of the molecule is CCc1nnc([C@H](C)N(C)Cc2c(C)nn(-c3ccccc3)c2C)o1. The Morgan fingerprint density at radius 1 is 1.16 bits per heavy atom. The predicted molar refractivity (Wildman–Crippen MR) is 96.6 cm³/mol. The van der Waals surface area contributed by atoms with Crippen molar-refractivity contribution in [1.82, 2.24) is 24.9 Å². The van der Waals surface area contributed by atoms with E-state index in [4.69, 9.17) is 9.52 Å². The Morgan fingerprint density at radius 2 is 1.88 bits per heavy atom. The number of nitrogens with zero attached hydrogens (tertiary/aromatic N) is 5. The smallest absolute Gasteiger partial charge is 0.233 e. The molecular weight excluding hydrogens is 314 g/mol. The van der Waals surface area contributed by atoms with Crippen molar-refractivity contribution in [3.05, 3.63) is 59.1 Å². The van der Waals surface area contributed by atoms with Crippen LogP contribution < -0.4 is 0 Å². The van der Waals surface area contributed by atoms with E-state index in [9.17, 15) is 0 Å². The molecule has 0 aliphatic heterocycles. The fraction of sp³-hybridized carbons (Fsp3) is 0.421. The molecule has 132 valence electrons. The van der Waals surface area contributed by atoms with Crippen LogP contribution in [0, 0.1) is 13.8 Å². The summed E-state index contributed by atoms with van der Waals surface area (Å²) in [6.45, 7) is 9.04. The Morgan fingerprint density at radius 3 is 2.52 bits per heavy atom. The van der Waals surface area contributed by atoms with Crippen LogP contribution >= 0.6 is 0 Å². The number of aromatic nitrogens is 4. The second-order valence-electron chi connectivity index (χ2n) is 6.38. The molecule has 6 nitrogen and oxygen atoms in total. The zero-order valence-electron chi connectivity index (χ0n) is 15.5. The van der Waals surface area contributed by atoms with Gasteiger partial charge in [-0.2, -0.15) is 5.10 Å². The van der Waals surface area contributed by atoms with E-state index in [1.54, 1.807) is 0 Å². The largest absolute Gasteiger partial charge is 0.424 e. The van der Waals surface area contributed by atoms with Gasteiger partial charge < -0.3 is 4.42 Å². The van der Waals surface area contributed by atoms with Gasteiger partial charge in [-0.25, -0.2) is 4.68 Å². The summed E-state index contributed by atoms with van der Waals surface area (Å²) in [7, 11) is 2.07. The van der Waals surface area contributed by atoms with Crippen molar-refractivity contribution in [2.24, 2.45) is 0 Å². The van der Waals surface area contributed by atoms with E-state index >= 15 is 0 Å². The van der Waals surface area contributed by atoms with Gasteiger partial charge in [0.2, 0.25) is 11.8 Å². The van der Waals surface area contributed by atoms with E-state index in [-0.39, 0.29) is 6.04 Å². The van der Waals surface area contributed by atoms with Crippen molar-refractivity contribution in [1.29, 1.82) is 0 Å². The van der Waals surface area contributed by atoms with Gasteiger partial charge in [0.15, 0.2) is 0 Å². The van der Waals surface area contributed by atoms with Crippen LogP contribution in [-0.2, 0) is 13.0 Å². The zero-order valence-corrected chi connectivity index (χ0v) is 15.5. The molecule has 1 aromatic carbocycles. The second-order valence-corrected chi connectivity index (χ2v) is 6.38. The first kappa shape index (κ1) is 17.4. The minimum Gasteiger partial charge on any atom is -0.424 e. The lowest BCUT2D eigenvalue weighted by molar-refractivity contribution is 0.213. The highest BCUT2D eigenvalue weighted by Gasteiger charge is 2.21. The average Bonchev–Trinajstić information content (AvgIpc) is 3.22. The number of hydrogen-bond acceptors (Lipinski definition) is 5. The molecule has 0 fully saturated rings. The summed E-state index contributed by atoms with van der Waals surface area (Å²) in [6.07, 6.45) is 0.755. The molecule has 6 heteroatoms. The highest BCUT2D eigenvalue weighted by molar-refractivity contribution is 5.36. The maximum absolute atomic E-state index is 5.70. The molecule has 0 N–H and O–H groups in total. The van der Waals surface area contributed by atoms with Crippen molar-refractivity contribution in [3.63, 3.8) is 0 Å². The van der Waals surface area contributed by atoms with Crippen LogP contribution in [0.1, 0.15) is 48.6 Å². The van der Waals surface area contributed by atoms with Crippen molar-refractivity contribution in [3.8, 4) is 5.69 Å². The Kier molecular flexibility index (Phi) is 4.99. The number of aryl methyl sites for hydroxylation is 2. The molecule has 25 heavy (non-hydrogen) atoms. The van der Waals surface area contributed by atoms with Gasteiger partial charge in [0.25, 0.3) is 0 Å². The van der Waals surface area contributed by atoms with Crippen molar-refractivity contribution >= 4 is 0 Å². The number of rotatable bonds is 6. The van der Waals surface area contributed by atoms with E-state index in [1.165, 1.54) is 5.56 Å². The van der Waals surface area contributed by atoms with Gasteiger partial charge in [-0.05, 0) is 40.0 Å². The fourth-order valence-electron chi connectivity index (χ4n) is 2.88. The highest BCUT2D eigenvalue weighted by atomic mass is 16.4. The Labute approximate surface area is 148 Å². The van der Waals surface area contributed by atoms with Gasteiger partial charge in [-0.1, -0.05) is 25.1 Å². The van der Waals surface area contributed by atoms with E-state index < -0.39 is 0 Å². The Balaban J connectivity index is 1.81. The summed E-state index contributed by atoms with van der Waals surface area (Å²) in [6, 6.07) is 10.3. The maximum atomic E-state index is 5.70. The Bertz CT molecular complexity index is 837. The first-order chi connectivity index (χ1) is 12.0. The standard InChI is InChI=1S/C19H25N5O/c1-6-18-20-21-19(25-18)15(4)23(5)12-17-13(2)22-24(14(17)3)16-10-8-7-9-11-16/h7-11,15H,6,12H2,1-5H3/t15-/m0/s1. The molecule has 0 aliphatic carbocycles. The summed E-state index contributed by atoms with van der Waals surface area (Å²) in [4.78, 5) is 2.21. The van der Waals surface area contributed by atoms with Gasteiger partial charge in [-0.15, -0.1) is 10.2 Å². The maximum Gasteiger partial charge on any atom is 0.233 e. The molecule has 0 saturated carbocycles. The summed E-state index contributed by atoms with van der Waals surface area (Å²) in [5, 5.41) is 13.0. The Hall–Kier alpha value is -2.47. The van der Waals surface area contributed by atoms with Gasteiger partial charge >= 0.3 is 0 Å². The molecule has 2 aromatic heterocycles. The van der Waals surface area contributed by atoms with Gasteiger partial charge in [0, 0.05) is 24.2 Å². The second kappa shape index (κ2) is 7.19. The minimum atomic E-state index is 0.0478. The normalized spacial score (nSPS) is 12.7. The highest BCUT2D eigenvalue weighted by Crippen LogP contribution is 2.24. The molecule has 1 atom stereocenters. The number of benzene rings is 1. The third-order valence-corrected chi connectivity index (χ3v) is 4.65. The summed E-state index contributed by atoms with van der Waals surface area (Å²) >= 11 is 0. The lowest BCUT2D eigenvalue weighted by atomic mass is 10.1. The lowest BCUT2D eigenvalue weighted by Crippen LogP contribution is -2.23. The summed E-state index contributed by atoms with van der Waals surface area (Å²) in [5.74, 6) is 1.34. The molecular formula is C19H25N5O. The number of hydrogen-bond donors (Lipinski definition) is 0. The first-order valence-electron chi connectivity index (χ1n) is 8.64. The van der Waals surface area contributed by atoms with Crippen molar-refractivity contribution in [2.75, 3.05) is 7.05 Å². The average molecular weight is 339 g/mol. The molecule has 0 saturated heterocycles. The third kappa shape index (κ3) is 3.49. The summed E-state index contributed by atoms with van der Waals surface area (Å²) < 4.78 is 7.71. The zero-order chi connectivity index (χ0) is 18.0. The molecule has 0 radical (unpaired) electrons. The van der Waals surface area contributed by atoms with Crippen molar-refractivity contribution in [2.45, 2.75) is 46.7 Å².